The summed E-state index contributed by atoms with van der Waals surface area (Å²) in [5, 5.41) is 1.07. The minimum absolute atomic E-state index is 0.202. The molecule has 0 amide bonds. The lowest BCUT2D eigenvalue weighted by atomic mass is 10.2. The van der Waals surface area contributed by atoms with Crippen molar-refractivity contribution in [2.45, 2.75) is 6.54 Å². The zero-order chi connectivity index (χ0) is 13.2. The Hall–Kier alpha value is -2.29. The number of fused-ring (bicyclic) bond motifs is 1. The molecule has 0 unspecified atom stereocenters. The van der Waals surface area contributed by atoms with Gasteiger partial charge in [-0.1, -0.05) is 18.2 Å². The molecule has 2 nitrogen and oxygen atoms in total. The van der Waals surface area contributed by atoms with Crippen LogP contribution in [0.15, 0.2) is 54.7 Å². The summed E-state index contributed by atoms with van der Waals surface area (Å²) in [6, 6.07) is 14.6. The minimum Gasteiger partial charge on any atom is -0.496 e. The second kappa shape index (κ2) is 4.76. The number of aromatic nitrogens is 1. The molecule has 0 saturated carbocycles. The molecule has 19 heavy (non-hydrogen) atoms. The van der Waals surface area contributed by atoms with Crippen LogP contribution in [0.3, 0.4) is 0 Å². The maximum absolute atomic E-state index is 13.2. The van der Waals surface area contributed by atoms with Gasteiger partial charge in [0.15, 0.2) is 0 Å². The van der Waals surface area contributed by atoms with Crippen molar-refractivity contribution in [2.24, 2.45) is 0 Å². The first kappa shape index (κ1) is 11.8. The third-order valence-corrected chi connectivity index (χ3v) is 3.24. The van der Waals surface area contributed by atoms with Crippen LogP contribution in [0.1, 0.15) is 5.56 Å². The van der Waals surface area contributed by atoms with Crippen LogP contribution < -0.4 is 4.74 Å². The Balaban J connectivity index is 2.02. The molecule has 0 aliphatic heterocycles. The highest BCUT2D eigenvalue weighted by molar-refractivity contribution is 5.86. The number of methoxy groups -OCH3 is 1. The topological polar surface area (TPSA) is 14.2 Å². The van der Waals surface area contributed by atoms with Gasteiger partial charge in [-0.15, -0.1) is 0 Å². The number of ether oxygens (including phenoxy) is 1. The molecule has 0 atom stereocenters. The number of nitrogens with zero attached hydrogens (tertiary/aromatic N) is 1. The van der Waals surface area contributed by atoms with Crippen molar-refractivity contribution in [3.63, 3.8) is 0 Å². The minimum atomic E-state index is -0.202. The monoisotopic (exact) mass is 255 g/mol. The van der Waals surface area contributed by atoms with E-state index in [1.165, 1.54) is 6.07 Å². The quantitative estimate of drug-likeness (QED) is 0.693. The van der Waals surface area contributed by atoms with Gasteiger partial charge in [-0.3, -0.25) is 0 Å². The SMILES string of the molecule is COc1cccc2c1ccn2Cc1cccc(F)c1. The Kier molecular flexibility index (Phi) is 2.95. The summed E-state index contributed by atoms with van der Waals surface area (Å²) in [6.07, 6.45) is 2.00. The van der Waals surface area contributed by atoms with Crippen LogP contribution >= 0.6 is 0 Å². The zero-order valence-corrected chi connectivity index (χ0v) is 10.6. The predicted octanol–water partition coefficient (Wildman–Crippen LogP) is 3.84. The van der Waals surface area contributed by atoms with E-state index in [0.717, 1.165) is 22.2 Å². The van der Waals surface area contributed by atoms with E-state index in [9.17, 15) is 4.39 Å². The summed E-state index contributed by atoms with van der Waals surface area (Å²) in [5.74, 6) is 0.655. The summed E-state index contributed by atoms with van der Waals surface area (Å²) in [6.45, 7) is 0.647. The molecule has 3 rings (SSSR count). The first-order valence-electron chi connectivity index (χ1n) is 6.14. The summed E-state index contributed by atoms with van der Waals surface area (Å²) >= 11 is 0. The first-order valence-corrected chi connectivity index (χ1v) is 6.14. The van der Waals surface area contributed by atoms with Crippen LogP contribution in [-0.4, -0.2) is 11.7 Å². The largest absolute Gasteiger partial charge is 0.496 e. The van der Waals surface area contributed by atoms with Crippen molar-refractivity contribution in [1.82, 2.24) is 4.57 Å². The van der Waals surface area contributed by atoms with Crippen molar-refractivity contribution < 1.29 is 9.13 Å². The smallest absolute Gasteiger partial charge is 0.128 e. The normalized spacial score (nSPS) is 10.8. The molecule has 0 aliphatic carbocycles. The number of rotatable bonds is 3. The molecule has 1 aromatic heterocycles. The summed E-state index contributed by atoms with van der Waals surface area (Å²) in [5.41, 5.74) is 2.03. The Morgan fingerprint density at radius 2 is 1.95 bits per heavy atom. The lowest BCUT2D eigenvalue weighted by Gasteiger charge is -2.07. The van der Waals surface area contributed by atoms with E-state index < -0.39 is 0 Å². The molecule has 3 aromatic rings. The van der Waals surface area contributed by atoms with Gasteiger partial charge in [-0.05, 0) is 35.9 Å². The molecule has 2 aromatic carbocycles. The van der Waals surface area contributed by atoms with Crippen LogP contribution in [0, 0.1) is 5.82 Å². The first-order chi connectivity index (χ1) is 9.28. The summed E-state index contributed by atoms with van der Waals surface area (Å²) < 4.78 is 20.6. The molecular weight excluding hydrogens is 241 g/mol. The van der Waals surface area contributed by atoms with Gasteiger partial charge >= 0.3 is 0 Å². The fourth-order valence-corrected chi connectivity index (χ4v) is 2.34. The Morgan fingerprint density at radius 1 is 1.11 bits per heavy atom. The molecule has 0 bridgehead atoms. The molecule has 0 fully saturated rings. The maximum Gasteiger partial charge on any atom is 0.128 e. The lowest BCUT2D eigenvalue weighted by Crippen LogP contribution is -1.98. The van der Waals surface area contributed by atoms with Crippen molar-refractivity contribution in [2.75, 3.05) is 7.11 Å². The standard InChI is InChI=1S/C16H14FNO/c1-19-16-7-3-6-15-14(16)8-9-18(15)11-12-4-2-5-13(17)10-12/h2-10H,11H2,1H3. The van der Waals surface area contributed by atoms with E-state index in [1.807, 2.05) is 36.5 Å². The number of hydrogen-bond acceptors (Lipinski definition) is 1. The Morgan fingerprint density at radius 3 is 2.74 bits per heavy atom. The highest BCUT2D eigenvalue weighted by Crippen LogP contribution is 2.26. The molecule has 96 valence electrons. The van der Waals surface area contributed by atoms with Gasteiger partial charge < -0.3 is 9.30 Å². The molecule has 0 N–H and O–H groups in total. The molecule has 0 aliphatic rings. The molecule has 3 heteroatoms. The predicted molar refractivity (Wildman–Crippen MR) is 74.0 cm³/mol. The molecule has 0 radical (unpaired) electrons. The Bertz CT molecular complexity index is 718. The molecular formula is C16H14FNO. The number of hydrogen-bond donors (Lipinski definition) is 0. The van der Waals surface area contributed by atoms with Gasteiger partial charge in [0.2, 0.25) is 0 Å². The van der Waals surface area contributed by atoms with Crippen molar-refractivity contribution in [3.05, 3.63) is 66.1 Å². The zero-order valence-electron chi connectivity index (χ0n) is 10.6. The fraction of sp³-hybridized carbons (Fsp3) is 0.125. The van der Waals surface area contributed by atoms with E-state index in [2.05, 4.69) is 4.57 Å². The third kappa shape index (κ3) is 2.19. The maximum atomic E-state index is 13.2. The van der Waals surface area contributed by atoms with Crippen LogP contribution in [0.5, 0.6) is 5.75 Å². The van der Waals surface area contributed by atoms with E-state index >= 15 is 0 Å². The van der Waals surface area contributed by atoms with Gasteiger partial charge in [0.05, 0.1) is 12.6 Å². The Labute approximate surface area is 111 Å². The average molecular weight is 255 g/mol. The molecule has 0 spiro atoms. The van der Waals surface area contributed by atoms with Crippen LogP contribution in [0.4, 0.5) is 4.39 Å². The average Bonchev–Trinajstić information content (AvgIpc) is 2.82. The second-order valence-corrected chi connectivity index (χ2v) is 4.47. The number of halogens is 1. The van der Waals surface area contributed by atoms with E-state index in [1.54, 1.807) is 19.2 Å². The third-order valence-electron chi connectivity index (χ3n) is 3.24. The number of benzene rings is 2. The van der Waals surface area contributed by atoms with Crippen molar-refractivity contribution in [3.8, 4) is 5.75 Å². The van der Waals surface area contributed by atoms with Crippen molar-refractivity contribution >= 4 is 10.9 Å². The van der Waals surface area contributed by atoms with Crippen LogP contribution in [-0.2, 0) is 6.54 Å². The van der Waals surface area contributed by atoms with Crippen LogP contribution in [0.25, 0.3) is 10.9 Å². The van der Waals surface area contributed by atoms with Crippen LogP contribution in [0.2, 0.25) is 0 Å². The van der Waals surface area contributed by atoms with Crippen molar-refractivity contribution in [1.29, 1.82) is 0 Å². The second-order valence-electron chi connectivity index (χ2n) is 4.47. The lowest BCUT2D eigenvalue weighted by molar-refractivity contribution is 0.420. The summed E-state index contributed by atoms with van der Waals surface area (Å²) in [4.78, 5) is 0. The molecule has 0 saturated heterocycles. The van der Waals surface area contributed by atoms with E-state index in [-0.39, 0.29) is 5.82 Å². The van der Waals surface area contributed by atoms with Gasteiger partial charge in [-0.2, -0.15) is 0 Å². The van der Waals surface area contributed by atoms with E-state index in [4.69, 9.17) is 4.74 Å². The van der Waals surface area contributed by atoms with Gasteiger partial charge in [-0.25, -0.2) is 4.39 Å². The molecule has 1 heterocycles. The highest BCUT2D eigenvalue weighted by Gasteiger charge is 2.06. The van der Waals surface area contributed by atoms with E-state index in [0.29, 0.717) is 6.54 Å². The highest BCUT2D eigenvalue weighted by atomic mass is 19.1. The van der Waals surface area contributed by atoms with Gasteiger partial charge in [0.1, 0.15) is 11.6 Å². The van der Waals surface area contributed by atoms with Gasteiger partial charge in [0, 0.05) is 18.1 Å². The van der Waals surface area contributed by atoms with Gasteiger partial charge in [0.25, 0.3) is 0 Å². The fourth-order valence-electron chi connectivity index (χ4n) is 2.34. The summed E-state index contributed by atoms with van der Waals surface area (Å²) in [7, 11) is 1.67.